The summed E-state index contributed by atoms with van der Waals surface area (Å²) in [6.07, 6.45) is 2.53. The van der Waals surface area contributed by atoms with Crippen LogP contribution in [0.15, 0.2) is 30.3 Å². The summed E-state index contributed by atoms with van der Waals surface area (Å²) in [5.41, 5.74) is 9.28. The first kappa shape index (κ1) is 21.2. The first-order valence-electron chi connectivity index (χ1n) is 11.7. The lowest BCUT2D eigenvalue weighted by Gasteiger charge is -2.37. The quantitative estimate of drug-likeness (QED) is 0.761. The molecule has 2 aromatic rings. The van der Waals surface area contributed by atoms with E-state index in [0.29, 0.717) is 13.2 Å². The van der Waals surface area contributed by atoms with Crippen molar-refractivity contribution in [2.24, 2.45) is 11.7 Å². The molecule has 170 valence electrons. The number of amides is 1. The molecule has 0 spiro atoms. The Bertz CT molecular complexity index is 939. The van der Waals surface area contributed by atoms with Crippen LogP contribution in [0.4, 0.5) is 11.8 Å². The number of nitrogens with zero attached hydrogens (tertiary/aromatic N) is 5. The molecule has 0 bridgehead atoms. The Labute approximate surface area is 189 Å². The minimum atomic E-state index is -0.181. The lowest BCUT2D eigenvalue weighted by molar-refractivity contribution is -0.122. The van der Waals surface area contributed by atoms with Gasteiger partial charge in [0.25, 0.3) is 0 Å². The molecule has 32 heavy (non-hydrogen) atoms. The van der Waals surface area contributed by atoms with E-state index < -0.39 is 0 Å². The molecule has 0 unspecified atom stereocenters. The average Bonchev–Trinajstić information content (AvgIpc) is 2.84. The van der Waals surface area contributed by atoms with E-state index in [1.54, 1.807) is 0 Å². The summed E-state index contributed by atoms with van der Waals surface area (Å²) in [5, 5.41) is 0. The Morgan fingerprint density at radius 1 is 1.00 bits per heavy atom. The van der Waals surface area contributed by atoms with Crippen LogP contribution >= 0.6 is 0 Å². The number of rotatable bonds is 5. The maximum atomic E-state index is 11.6. The van der Waals surface area contributed by atoms with E-state index >= 15 is 0 Å². The van der Waals surface area contributed by atoms with Gasteiger partial charge < -0.3 is 20.3 Å². The van der Waals surface area contributed by atoms with Crippen LogP contribution in [-0.2, 0) is 29.0 Å². The van der Waals surface area contributed by atoms with Gasteiger partial charge in [0, 0.05) is 57.3 Å². The number of fused-ring (bicyclic) bond motifs is 1. The summed E-state index contributed by atoms with van der Waals surface area (Å²) in [4.78, 5) is 28.8. The molecule has 8 heteroatoms. The van der Waals surface area contributed by atoms with Crippen molar-refractivity contribution in [2.45, 2.75) is 32.4 Å². The maximum Gasteiger partial charge on any atom is 0.227 e. The molecule has 3 aliphatic heterocycles. The van der Waals surface area contributed by atoms with Crippen molar-refractivity contribution in [1.82, 2.24) is 14.9 Å². The lowest BCUT2D eigenvalue weighted by atomic mass is 9.95. The van der Waals surface area contributed by atoms with E-state index in [-0.39, 0.29) is 11.8 Å². The van der Waals surface area contributed by atoms with Crippen molar-refractivity contribution >= 4 is 17.7 Å². The Hall–Kier alpha value is -2.71. The topological polar surface area (TPSA) is 87.8 Å². The first-order valence-corrected chi connectivity index (χ1v) is 11.7. The van der Waals surface area contributed by atoms with Gasteiger partial charge in [0.2, 0.25) is 11.9 Å². The van der Waals surface area contributed by atoms with Crippen molar-refractivity contribution in [2.75, 3.05) is 55.7 Å². The number of primary amides is 1. The van der Waals surface area contributed by atoms with Crippen molar-refractivity contribution in [3.63, 3.8) is 0 Å². The van der Waals surface area contributed by atoms with E-state index in [0.717, 1.165) is 82.5 Å². The van der Waals surface area contributed by atoms with E-state index in [1.165, 1.54) is 11.1 Å². The molecule has 1 aromatic carbocycles. The molecule has 0 aliphatic carbocycles. The highest BCUT2D eigenvalue weighted by Gasteiger charge is 2.30. The molecular weight excluding hydrogens is 404 g/mol. The summed E-state index contributed by atoms with van der Waals surface area (Å²) in [6, 6.07) is 10.6. The Kier molecular flexibility index (Phi) is 6.23. The smallest absolute Gasteiger partial charge is 0.227 e. The molecular formula is C24H32N6O2. The number of benzene rings is 1. The molecule has 0 radical (unpaired) electrons. The van der Waals surface area contributed by atoms with E-state index in [1.807, 2.05) is 0 Å². The van der Waals surface area contributed by atoms with Crippen molar-refractivity contribution in [3.8, 4) is 0 Å². The molecule has 2 saturated heterocycles. The number of ether oxygens (including phenoxy) is 1. The SMILES string of the molecule is NC(=O)C1CCN(c2nc(N3CCOCC3)nc3c2CCN(Cc2ccccc2)C3)CC1. The molecule has 1 amide bonds. The number of nitrogens with two attached hydrogens (primary N) is 1. The fourth-order valence-electron chi connectivity index (χ4n) is 4.97. The number of carbonyl (C=O) groups excluding carboxylic acids is 1. The van der Waals surface area contributed by atoms with Crippen LogP contribution in [0.2, 0.25) is 0 Å². The molecule has 8 nitrogen and oxygen atoms in total. The summed E-state index contributed by atoms with van der Waals surface area (Å²) >= 11 is 0. The molecule has 1 aromatic heterocycles. The van der Waals surface area contributed by atoms with Crippen LogP contribution < -0.4 is 15.5 Å². The van der Waals surface area contributed by atoms with Crippen LogP contribution in [0.25, 0.3) is 0 Å². The zero-order valence-electron chi connectivity index (χ0n) is 18.6. The van der Waals surface area contributed by atoms with Gasteiger partial charge in [-0.1, -0.05) is 30.3 Å². The highest BCUT2D eigenvalue weighted by Crippen LogP contribution is 2.32. The van der Waals surface area contributed by atoms with Gasteiger partial charge in [0.15, 0.2) is 0 Å². The van der Waals surface area contributed by atoms with Gasteiger partial charge in [0.05, 0.1) is 18.9 Å². The fourth-order valence-corrected chi connectivity index (χ4v) is 4.97. The van der Waals surface area contributed by atoms with Crippen LogP contribution in [0, 0.1) is 5.92 Å². The van der Waals surface area contributed by atoms with Gasteiger partial charge in [-0.15, -0.1) is 0 Å². The van der Waals surface area contributed by atoms with Crippen molar-refractivity contribution in [1.29, 1.82) is 0 Å². The van der Waals surface area contributed by atoms with Gasteiger partial charge >= 0.3 is 0 Å². The number of aromatic nitrogens is 2. The summed E-state index contributed by atoms with van der Waals surface area (Å²) in [5.74, 6) is 1.66. The van der Waals surface area contributed by atoms with Gasteiger partial charge in [-0.05, 0) is 24.8 Å². The Morgan fingerprint density at radius 3 is 2.47 bits per heavy atom. The van der Waals surface area contributed by atoms with Crippen LogP contribution in [0.3, 0.4) is 0 Å². The zero-order valence-corrected chi connectivity index (χ0v) is 18.6. The Balaban J connectivity index is 1.41. The van der Waals surface area contributed by atoms with Gasteiger partial charge in [-0.3, -0.25) is 9.69 Å². The van der Waals surface area contributed by atoms with E-state index in [4.69, 9.17) is 20.4 Å². The van der Waals surface area contributed by atoms with Crippen molar-refractivity contribution in [3.05, 3.63) is 47.2 Å². The van der Waals surface area contributed by atoms with Gasteiger partial charge in [-0.2, -0.15) is 4.98 Å². The fraction of sp³-hybridized carbons (Fsp3) is 0.542. The highest BCUT2D eigenvalue weighted by molar-refractivity contribution is 5.77. The van der Waals surface area contributed by atoms with Crippen LogP contribution in [0.5, 0.6) is 0 Å². The number of morpholine rings is 1. The number of hydrogen-bond acceptors (Lipinski definition) is 7. The predicted molar refractivity (Wildman–Crippen MR) is 123 cm³/mol. The second-order valence-corrected chi connectivity index (χ2v) is 8.98. The third kappa shape index (κ3) is 4.56. The number of carbonyl (C=O) groups is 1. The normalized spacial score (nSPS) is 20.2. The molecule has 0 atom stereocenters. The Morgan fingerprint density at radius 2 is 1.75 bits per heavy atom. The summed E-state index contributed by atoms with van der Waals surface area (Å²) in [7, 11) is 0. The number of anilines is 2. The van der Waals surface area contributed by atoms with E-state index in [2.05, 4.69) is 45.0 Å². The van der Waals surface area contributed by atoms with Gasteiger partial charge in [-0.25, -0.2) is 4.98 Å². The standard InChI is InChI=1S/C24H32N6O2/c25-22(31)19-6-10-29(11-7-19)23-20-8-9-28(16-18-4-2-1-3-5-18)17-21(20)26-24(27-23)30-12-14-32-15-13-30/h1-5,19H,6-17H2,(H2,25,31). The molecule has 3 aliphatic rings. The monoisotopic (exact) mass is 436 g/mol. The molecule has 2 N–H and O–H groups in total. The first-order chi connectivity index (χ1) is 15.7. The van der Waals surface area contributed by atoms with Gasteiger partial charge in [0.1, 0.15) is 5.82 Å². The minimum absolute atomic E-state index is 0.0241. The third-order valence-electron chi connectivity index (χ3n) is 6.85. The lowest BCUT2D eigenvalue weighted by Crippen LogP contribution is -2.42. The maximum absolute atomic E-state index is 11.6. The second kappa shape index (κ2) is 9.42. The second-order valence-electron chi connectivity index (χ2n) is 8.98. The summed E-state index contributed by atoms with van der Waals surface area (Å²) < 4.78 is 5.54. The minimum Gasteiger partial charge on any atom is -0.378 e. The molecule has 2 fully saturated rings. The number of hydrogen-bond donors (Lipinski definition) is 1. The number of piperidine rings is 1. The largest absolute Gasteiger partial charge is 0.378 e. The molecule has 5 rings (SSSR count). The van der Waals surface area contributed by atoms with Crippen LogP contribution in [-0.4, -0.2) is 66.7 Å². The predicted octanol–water partition coefficient (Wildman–Crippen LogP) is 1.57. The highest BCUT2D eigenvalue weighted by atomic mass is 16.5. The molecule has 0 saturated carbocycles. The van der Waals surface area contributed by atoms with Crippen molar-refractivity contribution < 1.29 is 9.53 Å². The average molecular weight is 437 g/mol. The molecule has 4 heterocycles. The van der Waals surface area contributed by atoms with Crippen LogP contribution in [0.1, 0.15) is 29.7 Å². The zero-order chi connectivity index (χ0) is 21.9. The summed E-state index contributed by atoms with van der Waals surface area (Å²) in [6.45, 7) is 7.42. The van der Waals surface area contributed by atoms with E-state index in [9.17, 15) is 4.79 Å². The third-order valence-corrected chi connectivity index (χ3v) is 6.85.